The summed E-state index contributed by atoms with van der Waals surface area (Å²) in [6.07, 6.45) is 12.0. The van der Waals surface area contributed by atoms with Crippen LogP contribution in [0.5, 0.6) is 0 Å². The molecule has 0 saturated carbocycles. The number of benzene rings is 1. The van der Waals surface area contributed by atoms with Gasteiger partial charge >= 0.3 is 0 Å². The molecule has 0 bridgehead atoms. The molecular weight excluding hydrogens is 539 g/mol. The Hall–Kier alpha value is -4.00. The minimum absolute atomic E-state index is 0.302. The number of hydrogen-bond acceptors (Lipinski definition) is 4. The molecule has 0 radical (unpaired) electrons. The average Bonchev–Trinajstić information content (AvgIpc) is 3.75. The monoisotopic (exact) mass is 580 g/mol. The molecule has 4 nitrogen and oxygen atoms in total. The number of hydrogen-bond donors (Lipinski definition) is 2. The number of likely N-dealkylation sites (tertiary alicyclic amines) is 1. The highest BCUT2D eigenvalue weighted by Gasteiger charge is 2.20. The summed E-state index contributed by atoms with van der Waals surface area (Å²) in [5, 5.41) is 3.14. The van der Waals surface area contributed by atoms with Crippen LogP contribution < -0.4 is 5.32 Å². The highest BCUT2D eigenvalue weighted by atomic mass is 32.1. The number of aromatic nitrogens is 2. The predicted octanol–water partition coefficient (Wildman–Crippen LogP) is 9.28. The van der Waals surface area contributed by atoms with Gasteiger partial charge in [0.1, 0.15) is 11.6 Å². The molecule has 1 saturated heterocycles. The van der Waals surface area contributed by atoms with Gasteiger partial charge in [0.25, 0.3) is 0 Å². The molecule has 3 aromatic rings. The fourth-order valence-electron chi connectivity index (χ4n) is 5.24. The number of H-pyrrole nitrogens is 1. The highest BCUT2D eigenvalue weighted by Crippen LogP contribution is 2.36. The van der Waals surface area contributed by atoms with Crippen molar-refractivity contribution in [1.29, 1.82) is 0 Å². The summed E-state index contributed by atoms with van der Waals surface area (Å²) < 4.78 is 15.6. The summed E-state index contributed by atoms with van der Waals surface area (Å²) in [6, 6.07) is 7.57. The second-order valence-corrected chi connectivity index (χ2v) is 11.7. The highest BCUT2D eigenvalue weighted by molar-refractivity contribution is 7.14. The van der Waals surface area contributed by atoms with E-state index in [1.54, 1.807) is 24.5 Å². The summed E-state index contributed by atoms with van der Waals surface area (Å²) in [4.78, 5) is 13.0. The van der Waals surface area contributed by atoms with E-state index in [0.29, 0.717) is 22.6 Å². The van der Waals surface area contributed by atoms with Crippen LogP contribution in [-0.2, 0) is 0 Å². The topological polar surface area (TPSA) is 44.0 Å². The number of rotatable bonds is 12. The third-order valence-electron chi connectivity index (χ3n) is 7.53. The first-order valence-corrected chi connectivity index (χ1v) is 15.1. The van der Waals surface area contributed by atoms with E-state index in [4.69, 9.17) is 4.98 Å². The molecule has 0 atom stereocenters. The van der Waals surface area contributed by atoms with Gasteiger partial charge in [-0.25, -0.2) is 9.37 Å². The third-order valence-corrected chi connectivity index (χ3v) is 8.81. The summed E-state index contributed by atoms with van der Waals surface area (Å²) in [5.74, 6) is 0.324. The van der Waals surface area contributed by atoms with Crippen LogP contribution in [0.3, 0.4) is 0 Å². The van der Waals surface area contributed by atoms with Gasteiger partial charge in [-0.3, -0.25) is 4.90 Å². The number of anilines is 1. The number of aromatic amines is 1. The van der Waals surface area contributed by atoms with Gasteiger partial charge in [-0.2, -0.15) is 0 Å². The van der Waals surface area contributed by atoms with Gasteiger partial charge in [0.15, 0.2) is 0 Å². The summed E-state index contributed by atoms with van der Waals surface area (Å²) in [5.41, 5.74) is 8.19. The van der Waals surface area contributed by atoms with Crippen LogP contribution in [0.4, 0.5) is 10.1 Å². The van der Waals surface area contributed by atoms with Gasteiger partial charge in [0.05, 0.1) is 5.69 Å². The lowest BCUT2D eigenvalue weighted by molar-refractivity contribution is 0.371. The molecule has 6 heteroatoms. The smallest absolute Gasteiger partial charge is 0.138 e. The van der Waals surface area contributed by atoms with E-state index < -0.39 is 0 Å². The SMILES string of the molecule is C=C/C=C(/c1ccc(C(=C)C)s1)c1nc(C(=C)c2cc(C(/C=C(\C=C)CN3CCCC3)=C/C)c(F)cc2NC)[nH]c1C. The van der Waals surface area contributed by atoms with Crippen molar-refractivity contribution in [1.82, 2.24) is 14.9 Å². The Morgan fingerprint density at radius 2 is 1.86 bits per heavy atom. The summed E-state index contributed by atoms with van der Waals surface area (Å²) in [7, 11) is 1.78. The summed E-state index contributed by atoms with van der Waals surface area (Å²) >= 11 is 1.67. The van der Waals surface area contributed by atoms with Crippen LogP contribution in [-0.4, -0.2) is 41.5 Å². The maximum atomic E-state index is 15.6. The normalized spacial score (nSPS) is 14.7. The van der Waals surface area contributed by atoms with Crippen molar-refractivity contribution in [2.24, 2.45) is 0 Å². The molecule has 2 N–H and O–H groups in total. The number of halogens is 1. The molecule has 0 spiro atoms. The Balaban J connectivity index is 1.73. The first-order valence-electron chi connectivity index (χ1n) is 14.3. The largest absolute Gasteiger partial charge is 0.388 e. The van der Waals surface area contributed by atoms with E-state index in [1.807, 2.05) is 51.1 Å². The van der Waals surface area contributed by atoms with Crippen LogP contribution in [0.2, 0.25) is 0 Å². The fraction of sp³-hybridized carbons (Fsp3) is 0.250. The van der Waals surface area contributed by atoms with Gasteiger partial charge in [0.2, 0.25) is 0 Å². The average molecular weight is 581 g/mol. The zero-order chi connectivity index (χ0) is 30.4. The molecule has 4 rings (SSSR count). The van der Waals surface area contributed by atoms with Crippen molar-refractivity contribution >= 4 is 39.3 Å². The van der Waals surface area contributed by atoms with E-state index in [0.717, 1.165) is 68.6 Å². The lowest BCUT2D eigenvalue weighted by Gasteiger charge is -2.17. The van der Waals surface area contributed by atoms with Crippen molar-refractivity contribution in [3.8, 4) is 0 Å². The van der Waals surface area contributed by atoms with Crippen molar-refractivity contribution in [3.63, 3.8) is 0 Å². The quantitative estimate of drug-likeness (QED) is 0.210. The maximum absolute atomic E-state index is 15.6. The minimum atomic E-state index is -0.302. The second kappa shape index (κ2) is 13.8. The third kappa shape index (κ3) is 6.72. The minimum Gasteiger partial charge on any atom is -0.388 e. The molecule has 1 fully saturated rings. The van der Waals surface area contributed by atoms with Crippen molar-refractivity contribution in [2.45, 2.75) is 33.6 Å². The lowest BCUT2D eigenvalue weighted by atomic mass is 9.95. The molecule has 3 heterocycles. The molecule has 0 aliphatic carbocycles. The Labute approximate surface area is 254 Å². The molecule has 1 aliphatic heterocycles. The zero-order valence-corrected chi connectivity index (χ0v) is 26.1. The Morgan fingerprint density at radius 1 is 1.14 bits per heavy atom. The summed E-state index contributed by atoms with van der Waals surface area (Å²) in [6.45, 7) is 25.3. The maximum Gasteiger partial charge on any atom is 0.138 e. The lowest BCUT2D eigenvalue weighted by Crippen LogP contribution is -2.21. The number of nitrogens with zero attached hydrogens (tertiary/aromatic N) is 2. The second-order valence-electron chi connectivity index (χ2n) is 10.6. The Bertz CT molecular complexity index is 1600. The molecule has 218 valence electrons. The van der Waals surface area contributed by atoms with Crippen LogP contribution >= 0.6 is 11.3 Å². The van der Waals surface area contributed by atoms with Crippen LogP contribution in [0.25, 0.3) is 22.3 Å². The first kappa shape index (κ1) is 30.9. The van der Waals surface area contributed by atoms with E-state index in [1.165, 1.54) is 18.9 Å². The molecule has 1 aromatic carbocycles. The molecule has 42 heavy (non-hydrogen) atoms. The van der Waals surface area contributed by atoms with Gasteiger partial charge < -0.3 is 10.3 Å². The Morgan fingerprint density at radius 3 is 2.45 bits per heavy atom. The number of nitrogens with one attached hydrogen (secondary N) is 2. The van der Waals surface area contributed by atoms with Gasteiger partial charge in [-0.15, -0.1) is 11.3 Å². The van der Waals surface area contributed by atoms with Crippen LogP contribution in [0, 0.1) is 12.7 Å². The number of imidazole rings is 1. The van der Waals surface area contributed by atoms with Crippen molar-refractivity contribution < 1.29 is 4.39 Å². The molecule has 1 aliphatic rings. The van der Waals surface area contributed by atoms with Crippen molar-refractivity contribution in [3.05, 3.63) is 130 Å². The van der Waals surface area contributed by atoms with Gasteiger partial charge in [-0.1, -0.05) is 56.7 Å². The number of thiophene rings is 1. The van der Waals surface area contributed by atoms with Crippen LogP contribution in [0.1, 0.15) is 64.8 Å². The van der Waals surface area contributed by atoms with E-state index in [2.05, 4.69) is 53.6 Å². The van der Waals surface area contributed by atoms with Crippen LogP contribution in [0.15, 0.2) is 86.5 Å². The van der Waals surface area contributed by atoms with E-state index in [9.17, 15) is 0 Å². The Kier molecular flexibility index (Phi) is 10.2. The predicted molar refractivity (Wildman–Crippen MR) is 181 cm³/mol. The molecule has 0 amide bonds. The van der Waals surface area contributed by atoms with Crippen molar-refractivity contribution in [2.75, 3.05) is 32.0 Å². The zero-order valence-electron chi connectivity index (χ0n) is 25.2. The van der Waals surface area contributed by atoms with Gasteiger partial charge in [-0.05, 0) is 87.7 Å². The molecular formula is C36H41FN4S. The van der Waals surface area contributed by atoms with E-state index in [-0.39, 0.29) is 5.82 Å². The first-order chi connectivity index (χ1) is 20.2. The van der Waals surface area contributed by atoms with E-state index >= 15 is 4.39 Å². The number of aryl methyl sites for hydroxylation is 1. The fourth-order valence-corrected chi connectivity index (χ4v) is 6.19. The number of allylic oxidation sites excluding steroid dienone is 6. The molecule has 0 unspecified atom stereocenters. The standard InChI is InChI=1S/C36H41FN4S/c1-9-14-28(34-16-15-33(42-34)23(4)5)35-25(7)39-36(40-35)24(6)29-20-30(31(37)21-32(29)38-8)27(11-3)19-26(10-2)22-41-17-12-13-18-41/h9-11,14-16,19-21,38H,1-2,4,6,12-13,17-18,22H2,3,5,7-8H3,(H,39,40)/b26-19+,27-11+,28-14-. The molecule has 2 aromatic heterocycles. The van der Waals surface area contributed by atoms with Gasteiger partial charge in [0, 0.05) is 57.0 Å².